The van der Waals surface area contributed by atoms with Crippen LogP contribution in [0, 0.1) is 11.8 Å². The van der Waals surface area contributed by atoms with Gasteiger partial charge in [0.25, 0.3) is 0 Å². The minimum atomic E-state index is -4.96. The topological polar surface area (TPSA) is 237 Å². The molecule has 0 aliphatic rings. The molecule has 0 radical (unpaired) electrons. The van der Waals surface area contributed by atoms with E-state index >= 15 is 0 Å². The minimum Gasteiger partial charge on any atom is -0.462 e. The Morgan fingerprint density at radius 2 is 0.510 bits per heavy atom. The molecule has 0 rings (SSSR count). The third kappa shape index (κ3) is 73.0. The van der Waals surface area contributed by atoms with Gasteiger partial charge in [0.15, 0.2) is 12.2 Å². The Morgan fingerprint density at radius 3 is 0.760 bits per heavy atom. The molecule has 100 heavy (non-hydrogen) atoms. The van der Waals surface area contributed by atoms with Crippen molar-refractivity contribution in [2.24, 2.45) is 11.8 Å². The Hall–Kier alpha value is -1.94. The van der Waals surface area contributed by atoms with Crippen molar-refractivity contribution in [3.05, 3.63) is 0 Å². The molecule has 0 aliphatic carbocycles. The largest absolute Gasteiger partial charge is 0.472 e. The average Bonchev–Trinajstić information content (AvgIpc) is 0.930. The van der Waals surface area contributed by atoms with Gasteiger partial charge in [-0.2, -0.15) is 0 Å². The third-order valence-corrected chi connectivity index (χ3v) is 21.2. The summed E-state index contributed by atoms with van der Waals surface area (Å²) in [6, 6.07) is 0. The highest BCUT2D eigenvalue weighted by Crippen LogP contribution is 2.45. The van der Waals surface area contributed by atoms with E-state index in [4.69, 9.17) is 37.0 Å². The molecule has 3 N–H and O–H groups in total. The predicted molar refractivity (Wildman–Crippen MR) is 409 cm³/mol. The molecule has 0 saturated carbocycles. The highest BCUT2D eigenvalue weighted by molar-refractivity contribution is 7.47. The molecule has 594 valence electrons. The van der Waals surface area contributed by atoms with Crippen molar-refractivity contribution >= 4 is 39.5 Å². The smallest absolute Gasteiger partial charge is 0.462 e. The van der Waals surface area contributed by atoms with Gasteiger partial charge in [0.2, 0.25) is 0 Å². The second kappa shape index (κ2) is 72.6. The van der Waals surface area contributed by atoms with Gasteiger partial charge in [-0.05, 0) is 37.5 Å². The standard InChI is InChI=1S/C81H158O17P2/c1-7-10-12-14-16-18-20-22-24-26-27-28-30-32-34-36-38-47-53-59-65-80(85)97-76(69-91-78(83)63-57-51-45-37-35-33-31-29-25-23-21-19-17-15-13-11-8-2)71-95-99(87,88)93-67-75(82)68-94-100(89,90)96-72-77(70-92-79(84)64-58-52-46-41-39-43-49-55-61-73(4)5)98-81(86)66-60-54-48-42-40-44-50-56-62-74(6)9-3/h73-77,82H,7-72H2,1-6H3,(H,87,88)(H,89,90)/t74?,75-,76-,77-/m1/s1. The molecule has 17 nitrogen and oxygen atoms in total. The Labute approximate surface area is 613 Å². The molecule has 6 atom stereocenters. The van der Waals surface area contributed by atoms with Gasteiger partial charge in [-0.15, -0.1) is 0 Å². The van der Waals surface area contributed by atoms with Crippen LogP contribution in [0.5, 0.6) is 0 Å². The minimum absolute atomic E-state index is 0.105. The quantitative estimate of drug-likeness (QED) is 0.0222. The number of aliphatic hydroxyl groups is 1. The predicted octanol–water partition coefficient (Wildman–Crippen LogP) is 24.3. The monoisotopic (exact) mass is 1470 g/mol. The Morgan fingerprint density at radius 1 is 0.290 bits per heavy atom. The summed E-state index contributed by atoms with van der Waals surface area (Å²) in [5.41, 5.74) is 0. The zero-order valence-electron chi connectivity index (χ0n) is 65.5. The molecule has 19 heteroatoms. The van der Waals surface area contributed by atoms with Gasteiger partial charge in [0.05, 0.1) is 26.4 Å². The second-order valence-electron chi connectivity index (χ2n) is 29.9. The average molecular weight is 1470 g/mol. The van der Waals surface area contributed by atoms with Gasteiger partial charge < -0.3 is 33.8 Å². The SMILES string of the molecule is CCCCCCCCCCCCCCCCCCCCCCC(=O)O[C@H](COC(=O)CCCCCCCCCCCCCCCCCCC)COP(=O)(O)OC[C@@H](O)COP(=O)(O)OC[C@@H](COC(=O)CCCCCCCCCCC(C)C)OC(=O)CCCCCCCCCCC(C)CC. The van der Waals surface area contributed by atoms with Crippen LogP contribution in [0.3, 0.4) is 0 Å². The van der Waals surface area contributed by atoms with Crippen LogP contribution in [0.4, 0.5) is 0 Å². The van der Waals surface area contributed by atoms with E-state index in [1.54, 1.807) is 0 Å². The second-order valence-corrected chi connectivity index (χ2v) is 32.8. The van der Waals surface area contributed by atoms with E-state index in [0.29, 0.717) is 25.7 Å². The van der Waals surface area contributed by atoms with Crippen LogP contribution in [-0.2, 0) is 65.4 Å². The van der Waals surface area contributed by atoms with E-state index in [-0.39, 0.29) is 25.7 Å². The molecule has 0 aromatic rings. The highest BCUT2D eigenvalue weighted by Gasteiger charge is 2.30. The normalized spacial score (nSPS) is 14.2. The van der Waals surface area contributed by atoms with Crippen molar-refractivity contribution in [1.82, 2.24) is 0 Å². The first-order chi connectivity index (χ1) is 48.4. The molecule has 0 bridgehead atoms. The number of hydrogen-bond donors (Lipinski definition) is 3. The Balaban J connectivity index is 5.23. The van der Waals surface area contributed by atoms with Crippen LogP contribution in [0.2, 0.25) is 0 Å². The van der Waals surface area contributed by atoms with Crippen LogP contribution in [-0.4, -0.2) is 96.7 Å². The number of unbranched alkanes of at least 4 members (excludes halogenated alkanes) is 49. The van der Waals surface area contributed by atoms with Crippen LogP contribution >= 0.6 is 15.6 Å². The summed E-state index contributed by atoms with van der Waals surface area (Å²) in [4.78, 5) is 73.0. The number of carbonyl (C=O) groups is 4. The molecule has 0 amide bonds. The van der Waals surface area contributed by atoms with Gasteiger partial charge in [-0.1, -0.05) is 375 Å². The molecule has 0 aromatic heterocycles. The van der Waals surface area contributed by atoms with Crippen molar-refractivity contribution in [1.29, 1.82) is 0 Å². The van der Waals surface area contributed by atoms with Crippen molar-refractivity contribution in [3.63, 3.8) is 0 Å². The molecule has 0 saturated heterocycles. The lowest BCUT2D eigenvalue weighted by atomic mass is 9.99. The fourth-order valence-electron chi connectivity index (χ4n) is 12.5. The highest BCUT2D eigenvalue weighted by atomic mass is 31.2. The first-order valence-corrected chi connectivity index (χ1v) is 45.0. The molecule has 3 unspecified atom stereocenters. The number of esters is 4. The van der Waals surface area contributed by atoms with Gasteiger partial charge in [-0.3, -0.25) is 37.3 Å². The van der Waals surface area contributed by atoms with Gasteiger partial charge in [-0.25, -0.2) is 9.13 Å². The number of ether oxygens (including phenoxy) is 4. The summed E-state index contributed by atoms with van der Waals surface area (Å²) < 4.78 is 68.7. The fraction of sp³-hybridized carbons (Fsp3) is 0.951. The first-order valence-electron chi connectivity index (χ1n) is 42.0. The zero-order chi connectivity index (χ0) is 73.5. The summed E-state index contributed by atoms with van der Waals surface area (Å²) in [6.07, 6.45) is 62.5. The summed E-state index contributed by atoms with van der Waals surface area (Å²) in [5, 5.41) is 10.6. The maximum Gasteiger partial charge on any atom is 0.472 e. The van der Waals surface area contributed by atoms with Crippen LogP contribution < -0.4 is 0 Å². The Bertz CT molecular complexity index is 1930. The van der Waals surface area contributed by atoms with Crippen molar-refractivity contribution in [2.45, 2.75) is 445 Å². The number of phosphoric ester groups is 2. The third-order valence-electron chi connectivity index (χ3n) is 19.3. The molecule has 0 aromatic carbocycles. The number of aliphatic hydroxyl groups excluding tert-OH is 1. The van der Waals surface area contributed by atoms with E-state index in [1.165, 1.54) is 244 Å². The fourth-order valence-corrected chi connectivity index (χ4v) is 14.1. The van der Waals surface area contributed by atoms with Crippen molar-refractivity contribution < 1.29 is 80.2 Å². The first kappa shape index (κ1) is 98.1. The molecular weight excluding hydrogens is 1310 g/mol. The maximum atomic E-state index is 13.1. The number of hydrogen-bond acceptors (Lipinski definition) is 15. The lowest BCUT2D eigenvalue weighted by molar-refractivity contribution is -0.161. The van der Waals surface area contributed by atoms with E-state index in [1.807, 2.05) is 0 Å². The molecule has 0 fully saturated rings. The summed E-state index contributed by atoms with van der Waals surface area (Å²) in [7, 11) is -9.92. The lowest BCUT2D eigenvalue weighted by Gasteiger charge is -2.21. The summed E-state index contributed by atoms with van der Waals surface area (Å²) in [6.45, 7) is 9.59. The molecular formula is C81H158O17P2. The summed E-state index contributed by atoms with van der Waals surface area (Å²) >= 11 is 0. The maximum absolute atomic E-state index is 13.1. The van der Waals surface area contributed by atoms with Crippen molar-refractivity contribution in [3.8, 4) is 0 Å². The Kier molecular flexibility index (Phi) is 71.2. The molecule has 0 spiro atoms. The van der Waals surface area contributed by atoms with Gasteiger partial charge in [0.1, 0.15) is 19.3 Å². The van der Waals surface area contributed by atoms with E-state index in [9.17, 15) is 43.2 Å². The van der Waals surface area contributed by atoms with Crippen LogP contribution in [0.1, 0.15) is 427 Å². The molecule has 0 aliphatic heterocycles. The van der Waals surface area contributed by atoms with Gasteiger partial charge in [0, 0.05) is 25.7 Å². The number of rotatable bonds is 80. The van der Waals surface area contributed by atoms with E-state index in [2.05, 4.69) is 41.5 Å². The van der Waals surface area contributed by atoms with Gasteiger partial charge >= 0.3 is 39.5 Å². The summed E-state index contributed by atoms with van der Waals surface area (Å²) in [5.74, 6) is -0.615. The van der Waals surface area contributed by atoms with E-state index in [0.717, 1.165) is 102 Å². The molecule has 0 heterocycles. The number of phosphoric acid groups is 2. The van der Waals surface area contributed by atoms with Crippen LogP contribution in [0.25, 0.3) is 0 Å². The number of carbonyl (C=O) groups excluding carboxylic acids is 4. The van der Waals surface area contributed by atoms with Crippen LogP contribution in [0.15, 0.2) is 0 Å². The van der Waals surface area contributed by atoms with Crippen molar-refractivity contribution in [2.75, 3.05) is 39.6 Å². The van der Waals surface area contributed by atoms with E-state index < -0.39 is 97.5 Å². The lowest BCUT2D eigenvalue weighted by Crippen LogP contribution is -2.30. The zero-order valence-corrected chi connectivity index (χ0v) is 67.3.